The van der Waals surface area contributed by atoms with Crippen LogP contribution in [0.5, 0.6) is 0 Å². The number of hydrogen-bond acceptors (Lipinski definition) is 0. The highest BCUT2D eigenvalue weighted by Crippen LogP contribution is 2.40. The van der Waals surface area contributed by atoms with E-state index in [-0.39, 0.29) is 0 Å². The van der Waals surface area contributed by atoms with Gasteiger partial charge in [-0.05, 0) is 35.3 Å². The van der Waals surface area contributed by atoms with E-state index < -0.39 is 0 Å². The predicted octanol–water partition coefficient (Wildman–Crippen LogP) is 4.61. The van der Waals surface area contributed by atoms with Gasteiger partial charge in [0.25, 0.3) is 0 Å². The van der Waals surface area contributed by atoms with Gasteiger partial charge in [0.05, 0.1) is 0 Å². The van der Waals surface area contributed by atoms with E-state index in [0.717, 1.165) is 6.42 Å². The smallest absolute Gasteiger partial charge is 0.0220 e. The minimum atomic E-state index is 0.332. The zero-order valence-electron chi connectivity index (χ0n) is 11.0. The number of rotatable bonds is 2. The maximum absolute atomic E-state index is 2.36. The van der Waals surface area contributed by atoms with Gasteiger partial charge in [-0.15, -0.1) is 0 Å². The molecule has 15 heavy (non-hydrogen) atoms. The number of aryl methyl sites for hydroxylation is 1. The van der Waals surface area contributed by atoms with Crippen LogP contribution < -0.4 is 0 Å². The van der Waals surface area contributed by atoms with Gasteiger partial charge in [0.1, 0.15) is 0 Å². The van der Waals surface area contributed by atoms with Crippen molar-refractivity contribution in [1.82, 2.24) is 0 Å². The first-order valence-corrected chi connectivity index (χ1v) is 5.78. The van der Waals surface area contributed by atoms with E-state index in [9.17, 15) is 0 Å². The zero-order chi connectivity index (χ0) is 11.7. The largest absolute Gasteiger partial charge is 0.0620 e. The quantitative estimate of drug-likeness (QED) is 0.660. The first-order chi connectivity index (χ1) is 6.74. The first-order valence-electron chi connectivity index (χ1n) is 5.78. The topological polar surface area (TPSA) is 0 Å². The Morgan fingerprint density at radius 2 is 1.47 bits per heavy atom. The lowest BCUT2D eigenvalue weighted by molar-refractivity contribution is 0.132. The van der Waals surface area contributed by atoms with E-state index in [0.29, 0.717) is 10.8 Å². The van der Waals surface area contributed by atoms with Gasteiger partial charge in [-0.25, -0.2) is 0 Å². The van der Waals surface area contributed by atoms with Gasteiger partial charge in [0.15, 0.2) is 0 Å². The third kappa shape index (κ3) is 2.84. The minimum absolute atomic E-state index is 0.332. The lowest BCUT2D eigenvalue weighted by atomic mass is 9.66. The van der Waals surface area contributed by atoms with Gasteiger partial charge in [0.2, 0.25) is 0 Å². The minimum Gasteiger partial charge on any atom is -0.0620 e. The summed E-state index contributed by atoms with van der Waals surface area (Å²) in [5.41, 5.74) is 3.57. The Kier molecular flexibility index (Phi) is 3.28. The summed E-state index contributed by atoms with van der Waals surface area (Å²) in [6, 6.07) is 8.71. The molecule has 0 aliphatic rings. The Hall–Kier alpha value is -0.780. The maximum Gasteiger partial charge on any atom is -0.0220 e. The summed E-state index contributed by atoms with van der Waals surface area (Å²) in [5.74, 6) is 0. The third-order valence-electron chi connectivity index (χ3n) is 3.92. The standard InChI is InChI=1S/C15H24/c1-12-9-7-8-10-13(12)11-15(5,6)14(2,3)4/h7-10H,11H2,1-6H3. The maximum atomic E-state index is 2.36. The second-order valence-electron chi connectivity index (χ2n) is 6.24. The molecule has 0 N–H and O–H groups in total. The lowest BCUT2D eigenvalue weighted by Crippen LogP contribution is -2.31. The van der Waals surface area contributed by atoms with E-state index in [2.05, 4.69) is 65.8 Å². The van der Waals surface area contributed by atoms with E-state index in [4.69, 9.17) is 0 Å². The third-order valence-corrected chi connectivity index (χ3v) is 3.92. The van der Waals surface area contributed by atoms with Crippen molar-refractivity contribution in [3.05, 3.63) is 35.4 Å². The van der Waals surface area contributed by atoms with E-state index in [1.807, 2.05) is 0 Å². The van der Waals surface area contributed by atoms with Crippen LogP contribution in [0.3, 0.4) is 0 Å². The van der Waals surface area contributed by atoms with Crippen LogP contribution in [0.15, 0.2) is 24.3 Å². The van der Waals surface area contributed by atoms with Crippen LogP contribution >= 0.6 is 0 Å². The summed E-state index contributed by atoms with van der Waals surface area (Å²) in [7, 11) is 0. The van der Waals surface area contributed by atoms with Crippen molar-refractivity contribution in [3.63, 3.8) is 0 Å². The fraction of sp³-hybridized carbons (Fsp3) is 0.600. The highest BCUT2D eigenvalue weighted by Gasteiger charge is 2.32. The molecule has 84 valence electrons. The van der Waals surface area contributed by atoms with Crippen molar-refractivity contribution in [2.75, 3.05) is 0 Å². The Morgan fingerprint density at radius 1 is 0.933 bits per heavy atom. The molecule has 0 amide bonds. The van der Waals surface area contributed by atoms with E-state index >= 15 is 0 Å². The van der Waals surface area contributed by atoms with Gasteiger partial charge in [-0.3, -0.25) is 0 Å². The molecule has 0 heterocycles. The molecule has 0 saturated carbocycles. The van der Waals surface area contributed by atoms with Crippen LogP contribution in [0.4, 0.5) is 0 Å². The van der Waals surface area contributed by atoms with E-state index in [1.54, 1.807) is 0 Å². The van der Waals surface area contributed by atoms with Crippen LogP contribution in [0.2, 0.25) is 0 Å². The molecule has 1 rings (SSSR count). The van der Waals surface area contributed by atoms with Gasteiger partial charge < -0.3 is 0 Å². The van der Waals surface area contributed by atoms with Crippen molar-refractivity contribution in [3.8, 4) is 0 Å². The zero-order valence-corrected chi connectivity index (χ0v) is 11.0. The Balaban J connectivity index is 2.92. The summed E-state index contributed by atoms with van der Waals surface area (Å²) < 4.78 is 0. The summed E-state index contributed by atoms with van der Waals surface area (Å²) >= 11 is 0. The summed E-state index contributed by atoms with van der Waals surface area (Å²) in [6.07, 6.45) is 1.16. The molecule has 0 unspecified atom stereocenters. The highest BCUT2D eigenvalue weighted by atomic mass is 14.4. The molecule has 0 aromatic heterocycles. The molecule has 0 fully saturated rings. The molecule has 0 atom stereocenters. The molecule has 0 aliphatic carbocycles. The molecule has 0 nitrogen and oxygen atoms in total. The van der Waals surface area contributed by atoms with Gasteiger partial charge in [-0.2, -0.15) is 0 Å². The summed E-state index contributed by atoms with van der Waals surface area (Å²) in [6.45, 7) is 13.9. The van der Waals surface area contributed by atoms with Crippen LogP contribution in [0.1, 0.15) is 45.7 Å². The molecule has 0 aliphatic heterocycles. The summed E-state index contributed by atoms with van der Waals surface area (Å²) in [4.78, 5) is 0. The molecule has 0 saturated heterocycles. The monoisotopic (exact) mass is 204 g/mol. The van der Waals surface area contributed by atoms with E-state index in [1.165, 1.54) is 11.1 Å². The Morgan fingerprint density at radius 3 is 1.93 bits per heavy atom. The Labute approximate surface area is 94.7 Å². The lowest BCUT2D eigenvalue weighted by Gasteiger charge is -2.39. The van der Waals surface area contributed by atoms with Gasteiger partial charge in [-0.1, -0.05) is 58.9 Å². The average Bonchev–Trinajstić information content (AvgIpc) is 2.06. The van der Waals surface area contributed by atoms with Crippen molar-refractivity contribution in [2.45, 2.75) is 48.0 Å². The molecule has 0 heteroatoms. The van der Waals surface area contributed by atoms with Crippen LogP contribution in [0, 0.1) is 17.8 Å². The normalized spacial score (nSPS) is 12.9. The number of benzene rings is 1. The van der Waals surface area contributed by atoms with Gasteiger partial charge in [0, 0.05) is 0 Å². The average molecular weight is 204 g/mol. The summed E-state index contributed by atoms with van der Waals surface area (Å²) in [5, 5.41) is 0. The molecular formula is C15H24. The van der Waals surface area contributed by atoms with Crippen molar-refractivity contribution in [2.24, 2.45) is 10.8 Å². The molecule has 1 aromatic rings. The first kappa shape index (κ1) is 12.3. The van der Waals surface area contributed by atoms with Crippen LogP contribution in [-0.4, -0.2) is 0 Å². The highest BCUT2D eigenvalue weighted by molar-refractivity contribution is 5.26. The predicted molar refractivity (Wildman–Crippen MR) is 68.1 cm³/mol. The second kappa shape index (κ2) is 4.00. The molecule has 1 aromatic carbocycles. The second-order valence-corrected chi connectivity index (χ2v) is 6.24. The fourth-order valence-corrected chi connectivity index (χ4v) is 1.55. The number of hydrogen-bond donors (Lipinski definition) is 0. The van der Waals surface area contributed by atoms with Crippen LogP contribution in [-0.2, 0) is 6.42 Å². The van der Waals surface area contributed by atoms with Crippen molar-refractivity contribution in [1.29, 1.82) is 0 Å². The molecule has 0 spiro atoms. The van der Waals surface area contributed by atoms with Gasteiger partial charge >= 0.3 is 0 Å². The molecule has 0 radical (unpaired) electrons. The molecule has 0 bridgehead atoms. The van der Waals surface area contributed by atoms with Crippen molar-refractivity contribution >= 4 is 0 Å². The molecular weight excluding hydrogens is 180 g/mol. The van der Waals surface area contributed by atoms with Crippen molar-refractivity contribution < 1.29 is 0 Å². The SMILES string of the molecule is Cc1ccccc1CC(C)(C)C(C)(C)C. The fourth-order valence-electron chi connectivity index (χ4n) is 1.55. The van der Waals surface area contributed by atoms with Crippen LogP contribution in [0.25, 0.3) is 0 Å². The Bertz CT molecular complexity index is 326.